The summed E-state index contributed by atoms with van der Waals surface area (Å²) in [5, 5.41) is 13.7. The fraction of sp³-hybridized carbons (Fsp3) is 0.0526. The Kier molecular flexibility index (Phi) is 4.06. The van der Waals surface area contributed by atoms with Crippen molar-refractivity contribution in [2.75, 3.05) is 0 Å². The summed E-state index contributed by atoms with van der Waals surface area (Å²) in [5.41, 5.74) is 1.57. The number of nitrogens with one attached hydrogen (secondary N) is 1. The molecule has 0 fully saturated rings. The van der Waals surface area contributed by atoms with Gasteiger partial charge in [-0.3, -0.25) is 4.79 Å². The molecule has 4 heteroatoms. The fourth-order valence-electron chi connectivity index (χ4n) is 2.52. The first-order chi connectivity index (χ1) is 11.1. The van der Waals surface area contributed by atoms with Crippen LogP contribution in [0.15, 0.2) is 66.7 Å². The molecule has 0 aliphatic rings. The van der Waals surface area contributed by atoms with E-state index in [-0.39, 0.29) is 18.0 Å². The summed E-state index contributed by atoms with van der Waals surface area (Å²) >= 11 is 0. The summed E-state index contributed by atoms with van der Waals surface area (Å²) in [5.74, 6) is -1.16. The van der Waals surface area contributed by atoms with Crippen LogP contribution in [-0.4, -0.2) is 17.0 Å². The van der Waals surface area contributed by atoms with Crippen molar-refractivity contribution < 1.29 is 14.7 Å². The average Bonchev–Trinajstić information content (AvgIpc) is 2.59. The maximum Gasteiger partial charge on any atom is 0.335 e. The van der Waals surface area contributed by atoms with Crippen LogP contribution in [-0.2, 0) is 6.54 Å². The number of hydrogen-bond donors (Lipinski definition) is 2. The highest BCUT2D eigenvalue weighted by Crippen LogP contribution is 2.18. The molecule has 0 saturated carbocycles. The van der Waals surface area contributed by atoms with E-state index in [1.165, 1.54) is 6.07 Å². The minimum absolute atomic E-state index is 0.178. The van der Waals surface area contributed by atoms with Gasteiger partial charge in [-0.15, -0.1) is 0 Å². The highest BCUT2D eigenvalue weighted by atomic mass is 16.4. The minimum Gasteiger partial charge on any atom is -0.478 e. The van der Waals surface area contributed by atoms with Gasteiger partial charge in [-0.05, 0) is 34.5 Å². The number of carboxylic acids is 1. The molecule has 0 heterocycles. The molecule has 4 nitrogen and oxygen atoms in total. The number of carboxylic acid groups (broad SMARTS) is 1. The van der Waals surface area contributed by atoms with Crippen molar-refractivity contribution in [3.8, 4) is 0 Å². The molecule has 0 aliphatic heterocycles. The monoisotopic (exact) mass is 305 g/mol. The maximum atomic E-state index is 12.4. The summed E-state index contributed by atoms with van der Waals surface area (Å²) in [7, 11) is 0. The van der Waals surface area contributed by atoms with E-state index in [4.69, 9.17) is 5.11 Å². The van der Waals surface area contributed by atoms with Gasteiger partial charge in [-0.2, -0.15) is 0 Å². The minimum atomic E-state index is -0.979. The van der Waals surface area contributed by atoms with Gasteiger partial charge in [0.25, 0.3) is 5.91 Å². The van der Waals surface area contributed by atoms with Crippen LogP contribution in [0.4, 0.5) is 0 Å². The molecule has 1 amide bonds. The molecule has 2 N–H and O–H groups in total. The Balaban J connectivity index is 1.79. The molecule has 23 heavy (non-hydrogen) atoms. The maximum absolute atomic E-state index is 12.4. The Labute approximate surface area is 133 Å². The summed E-state index contributed by atoms with van der Waals surface area (Å²) < 4.78 is 0. The van der Waals surface area contributed by atoms with Crippen LogP contribution in [0.25, 0.3) is 10.8 Å². The summed E-state index contributed by atoms with van der Waals surface area (Å²) in [6.07, 6.45) is 0. The molecule has 0 radical (unpaired) electrons. The largest absolute Gasteiger partial charge is 0.478 e. The second kappa shape index (κ2) is 6.32. The third-order valence-electron chi connectivity index (χ3n) is 3.66. The summed E-state index contributed by atoms with van der Waals surface area (Å²) in [6.45, 7) is 0.281. The first kappa shape index (κ1) is 14.8. The highest BCUT2D eigenvalue weighted by Gasteiger charge is 2.10. The molecule has 0 unspecified atom stereocenters. The Morgan fingerprint density at radius 2 is 1.65 bits per heavy atom. The third kappa shape index (κ3) is 3.21. The van der Waals surface area contributed by atoms with Crippen molar-refractivity contribution in [3.63, 3.8) is 0 Å². The van der Waals surface area contributed by atoms with Gasteiger partial charge in [0, 0.05) is 12.1 Å². The van der Waals surface area contributed by atoms with E-state index in [2.05, 4.69) is 5.32 Å². The average molecular weight is 305 g/mol. The van der Waals surface area contributed by atoms with Gasteiger partial charge in [-0.25, -0.2) is 4.79 Å². The van der Waals surface area contributed by atoms with E-state index >= 15 is 0 Å². The van der Waals surface area contributed by atoms with Crippen LogP contribution in [0.2, 0.25) is 0 Å². The summed E-state index contributed by atoms with van der Waals surface area (Å²) in [4.78, 5) is 23.4. The first-order valence-corrected chi connectivity index (χ1v) is 7.23. The van der Waals surface area contributed by atoms with Crippen molar-refractivity contribution in [3.05, 3.63) is 83.4 Å². The van der Waals surface area contributed by atoms with E-state index in [1.54, 1.807) is 24.3 Å². The zero-order valence-electron chi connectivity index (χ0n) is 12.3. The number of amides is 1. The van der Waals surface area contributed by atoms with E-state index in [1.807, 2.05) is 36.4 Å². The predicted molar refractivity (Wildman–Crippen MR) is 88.5 cm³/mol. The second-order valence-corrected chi connectivity index (χ2v) is 5.21. The summed E-state index contributed by atoms with van der Waals surface area (Å²) in [6, 6.07) is 19.8. The Bertz CT molecular complexity index is 881. The Morgan fingerprint density at radius 3 is 2.48 bits per heavy atom. The van der Waals surface area contributed by atoms with Gasteiger partial charge in [0.15, 0.2) is 0 Å². The molecule has 0 atom stereocenters. The van der Waals surface area contributed by atoms with Gasteiger partial charge in [0.2, 0.25) is 0 Å². The lowest BCUT2D eigenvalue weighted by molar-refractivity contribution is 0.0696. The molecule has 0 aliphatic carbocycles. The Morgan fingerprint density at radius 1 is 0.913 bits per heavy atom. The molecule has 0 spiro atoms. The number of rotatable bonds is 4. The molecular weight excluding hydrogens is 290 g/mol. The quantitative estimate of drug-likeness (QED) is 0.775. The van der Waals surface area contributed by atoms with Gasteiger partial charge >= 0.3 is 5.97 Å². The third-order valence-corrected chi connectivity index (χ3v) is 3.66. The van der Waals surface area contributed by atoms with E-state index < -0.39 is 5.97 Å². The number of fused-ring (bicyclic) bond motifs is 1. The van der Waals surface area contributed by atoms with Gasteiger partial charge in [-0.1, -0.05) is 48.5 Å². The van der Waals surface area contributed by atoms with Crippen LogP contribution < -0.4 is 5.32 Å². The van der Waals surface area contributed by atoms with Crippen LogP contribution in [0.5, 0.6) is 0 Å². The van der Waals surface area contributed by atoms with Crippen LogP contribution in [0.1, 0.15) is 26.3 Å². The molecule has 3 rings (SSSR count). The van der Waals surface area contributed by atoms with Crippen LogP contribution in [0, 0.1) is 0 Å². The normalized spacial score (nSPS) is 10.4. The lowest BCUT2D eigenvalue weighted by Gasteiger charge is -2.08. The van der Waals surface area contributed by atoms with E-state index in [0.29, 0.717) is 5.56 Å². The number of carbonyl (C=O) groups excluding carboxylic acids is 1. The lowest BCUT2D eigenvalue weighted by Crippen LogP contribution is -2.23. The zero-order chi connectivity index (χ0) is 16.2. The molecular formula is C19H15NO3. The first-order valence-electron chi connectivity index (χ1n) is 7.23. The van der Waals surface area contributed by atoms with Crippen molar-refractivity contribution in [2.45, 2.75) is 6.54 Å². The van der Waals surface area contributed by atoms with Crippen molar-refractivity contribution in [2.24, 2.45) is 0 Å². The van der Waals surface area contributed by atoms with Gasteiger partial charge < -0.3 is 10.4 Å². The number of aromatic carboxylic acids is 1. The molecule has 0 aromatic heterocycles. The second-order valence-electron chi connectivity index (χ2n) is 5.21. The van der Waals surface area contributed by atoms with Crippen molar-refractivity contribution >= 4 is 22.6 Å². The molecule has 114 valence electrons. The fourth-order valence-corrected chi connectivity index (χ4v) is 2.52. The van der Waals surface area contributed by atoms with Crippen LogP contribution in [0.3, 0.4) is 0 Å². The highest BCUT2D eigenvalue weighted by molar-refractivity contribution is 6.07. The SMILES string of the molecule is O=C(O)c1cccc(CNC(=O)c2cccc3ccccc23)c1. The predicted octanol–water partition coefficient (Wildman–Crippen LogP) is 3.47. The number of carbonyl (C=O) groups is 2. The smallest absolute Gasteiger partial charge is 0.335 e. The zero-order valence-corrected chi connectivity index (χ0v) is 12.3. The van der Waals surface area contributed by atoms with E-state index in [9.17, 15) is 9.59 Å². The van der Waals surface area contributed by atoms with E-state index in [0.717, 1.165) is 16.3 Å². The lowest BCUT2D eigenvalue weighted by atomic mass is 10.0. The van der Waals surface area contributed by atoms with Gasteiger partial charge in [0.05, 0.1) is 5.56 Å². The molecule has 0 bridgehead atoms. The van der Waals surface area contributed by atoms with Crippen LogP contribution >= 0.6 is 0 Å². The Hall–Kier alpha value is -3.14. The van der Waals surface area contributed by atoms with Crippen molar-refractivity contribution in [1.29, 1.82) is 0 Å². The molecule has 3 aromatic carbocycles. The van der Waals surface area contributed by atoms with Crippen molar-refractivity contribution in [1.82, 2.24) is 5.32 Å². The topological polar surface area (TPSA) is 66.4 Å². The molecule has 0 saturated heterocycles. The van der Waals surface area contributed by atoms with Gasteiger partial charge in [0.1, 0.15) is 0 Å². The standard InChI is InChI=1S/C19H15NO3/c21-18(17-10-4-7-14-6-1-2-9-16(14)17)20-12-13-5-3-8-15(11-13)19(22)23/h1-11H,12H2,(H,20,21)(H,22,23). The number of hydrogen-bond acceptors (Lipinski definition) is 2. The molecule has 3 aromatic rings. The number of benzene rings is 3.